The van der Waals surface area contributed by atoms with Gasteiger partial charge in [-0.3, -0.25) is 4.90 Å². The van der Waals surface area contributed by atoms with Crippen LogP contribution in [0.4, 0.5) is 13.2 Å². The molecule has 1 saturated heterocycles. The second kappa shape index (κ2) is 5.19. The SMILES string of the molecule is CC(C)C1CCCN(CC(F)(F)F)CC1. The van der Waals surface area contributed by atoms with Crippen LogP contribution in [-0.4, -0.2) is 30.7 Å². The first kappa shape index (κ1) is 12.8. The summed E-state index contributed by atoms with van der Waals surface area (Å²) in [4.78, 5) is 1.54. The molecule has 15 heavy (non-hydrogen) atoms. The molecule has 1 fully saturated rings. The molecule has 1 rings (SSSR count). The minimum Gasteiger partial charge on any atom is -0.295 e. The number of halogens is 3. The van der Waals surface area contributed by atoms with Gasteiger partial charge in [-0.05, 0) is 44.2 Å². The van der Waals surface area contributed by atoms with Gasteiger partial charge < -0.3 is 0 Å². The summed E-state index contributed by atoms with van der Waals surface area (Å²) in [6, 6.07) is 0. The van der Waals surface area contributed by atoms with Gasteiger partial charge in [0.05, 0.1) is 6.54 Å². The molecule has 1 atom stereocenters. The zero-order valence-electron chi connectivity index (χ0n) is 9.48. The third-order valence-electron chi connectivity index (χ3n) is 3.21. The van der Waals surface area contributed by atoms with Gasteiger partial charge in [0.15, 0.2) is 0 Å². The summed E-state index contributed by atoms with van der Waals surface area (Å²) in [5.74, 6) is 1.19. The highest BCUT2D eigenvalue weighted by molar-refractivity contribution is 4.73. The van der Waals surface area contributed by atoms with Gasteiger partial charge in [-0.2, -0.15) is 13.2 Å². The third kappa shape index (κ3) is 4.87. The van der Waals surface area contributed by atoms with Crippen molar-refractivity contribution in [3.05, 3.63) is 0 Å². The molecule has 0 spiro atoms. The Bertz CT molecular complexity index is 189. The largest absolute Gasteiger partial charge is 0.401 e. The van der Waals surface area contributed by atoms with E-state index in [-0.39, 0.29) is 0 Å². The molecule has 1 nitrogen and oxygen atoms in total. The summed E-state index contributed by atoms with van der Waals surface area (Å²) >= 11 is 0. The molecule has 90 valence electrons. The lowest BCUT2D eigenvalue weighted by molar-refractivity contribution is -0.145. The second-order valence-corrected chi connectivity index (χ2v) is 4.83. The Labute approximate surface area is 89.6 Å². The normalized spacial score (nSPS) is 25.6. The van der Waals surface area contributed by atoms with Crippen molar-refractivity contribution in [2.24, 2.45) is 11.8 Å². The summed E-state index contributed by atoms with van der Waals surface area (Å²) in [6.07, 6.45) is -1.16. The van der Waals surface area contributed by atoms with Gasteiger partial charge in [0, 0.05) is 0 Å². The molecule has 1 unspecified atom stereocenters. The number of rotatable bonds is 2. The van der Waals surface area contributed by atoms with Gasteiger partial charge in [-0.1, -0.05) is 13.8 Å². The fourth-order valence-corrected chi connectivity index (χ4v) is 2.26. The van der Waals surface area contributed by atoms with Crippen LogP contribution in [0.1, 0.15) is 33.1 Å². The second-order valence-electron chi connectivity index (χ2n) is 4.83. The van der Waals surface area contributed by atoms with Crippen molar-refractivity contribution in [3.8, 4) is 0 Å². The molecule has 0 aromatic heterocycles. The first-order valence-corrected chi connectivity index (χ1v) is 5.67. The molecule has 0 aromatic carbocycles. The predicted octanol–water partition coefficient (Wildman–Crippen LogP) is 3.31. The zero-order valence-corrected chi connectivity index (χ0v) is 9.48. The van der Waals surface area contributed by atoms with Gasteiger partial charge in [-0.25, -0.2) is 0 Å². The van der Waals surface area contributed by atoms with Crippen molar-refractivity contribution in [1.82, 2.24) is 4.90 Å². The van der Waals surface area contributed by atoms with Crippen molar-refractivity contribution in [1.29, 1.82) is 0 Å². The summed E-state index contributed by atoms with van der Waals surface area (Å²) in [7, 11) is 0. The Balaban J connectivity index is 2.39. The third-order valence-corrected chi connectivity index (χ3v) is 3.21. The van der Waals surface area contributed by atoms with Crippen LogP contribution in [0, 0.1) is 11.8 Å². The van der Waals surface area contributed by atoms with Gasteiger partial charge >= 0.3 is 6.18 Å². The highest BCUT2D eigenvalue weighted by Crippen LogP contribution is 2.26. The van der Waals surface area contributed by atoms with Gasteiger partial charge in [0.1, 0.15) is 0 Å². The van der Waals surface area contributed by atoms with E-state index >= 15 is 0 Å². The van der Waals surface area contributed by atoms with E-state index < -0.39 is 12.7 Å². The molecular formula is C11H20F3N. The lowest BCUT2D eigenvalue weighted by atomic mass is 9.89. The Kier molecular flexibility index (Phi) is 4.44. The van der Waals surface area contributed by atoms with E-state index in [1.54, 1.807) is 4.90 Å². The first-order chi connectivity index (χ1) is 6.88. The average molecular weight is 223 g/mol. The van der Waals surface area contributed by atoms with Crippen LogP contribution in [0.2, 0.25) is 0 Å². The maximum Gasteiger partial charge on any atom is 0.401 e. The van der Waals surface area contributed by atoms with Crippen molar-refractivity contribution >= 4 is 0 Å². The molecule has 0 aliphatic carbocycles. The Morgan fingerprint density at radius 1 is 1.20 bits per heavy atom. The number of hydrogen-bond acceptors (Lipinski definition) is 1. The maximum atomic E-state index is 12.2. The molecule has 0 saturated carbocycles. The molecule has 1 heterocycles. The van der Waals surface area contributed by atoms with E-state index in [2.05, 4.69) is 13.8 Å². The number of likely N-dealkylation sites (tertiary alicyclic amines) is 1. The fraction of sp³-hybridized carbons (Fsp3) is 1.00. The van der Waals surface area contributed by atoms with E-state index in [9.17, 15) is 13.2 Å². The van der Waals surface area contributed by atoms with Crippen LogP contribution in [0.15, 0.2) is 0 Å². The fourth-order valence-electron chi connectivity index (χ4n) is 2.26. The van der Waals surface area contributed by atoms with Gasteiger partial charge in [0.25, 0.3) is 0 Å². The number of nitrogens with zero attached hydrogens (tertiary/aromatic N) is 1. The first-order valence-electron chi connectivity index (χ1n) is 5.67. The van der Waals surface area contributed by atoms with Gasteiger partial charge in [0.2, 0.25) is 0 Å². The summed E-state index contributed by atoms with van der Waals surface area (Å²) < 4.78 is 36.6. The van der Waals surface area contributed by atoms with Crippen molar-refractivity contribution in [2.75, 3.05) is 19.6 Å². The highest BCUT2D eigenvalue weighted by atomic mass is 19.4. The van der Waals surface area contributed by atoms with Gasteiger partial charge in [-0.15, -0.1) is 0 Å². The lowest BCUT2D eigenvalue weighted by Crippen LogP contribution is -2.35. The van der Waals surface area contributed by atoms with Crippen LogP contribution < -0.4 is 0 Å². The van der Waals surface area contributed by atoms with E-state index in [1.165, 1.54) is 0 Å². The van der Waals surface area contributed by atoms with Crippen LogP contribution in [0.25, 0.3) is 0 Å². The molecule has 0 radical (unpaired) electrons. The molecule has 0 bridgehead atoms. The topological polar surface area (TPSA) is 3.24 Å². The molecule has 0 amide bonds. The summed E-state index contributed by atoms with van der Waals surface area (Å²) in [6.45, 7) is 4.77. The van der Waals surface area contributed by atoms with E-state index in [1.807, 2.05) is 0 Å². The standard InChI is InChI=1S/C11H20F3N/c1-9(2)10-4-3-6-15(7-5-10)8-11(12,13)14/h9-10H,3-8H2,1-2H3. The van der Waals surface area contributed by atoms with Crippen molar-refractivity contribution in [3.63, 3.8) is 0 Å². The van der Waals surface area contributed by atoms with Crippen molar-refractivity contribution < 1.29 is 13.2 Å². The molecule has 0 aromatic rings. The van der Waals surface area contributed by atoms with E-state index in [0.29, 0.717) is 24.9 Å². The lowest BCUT2D eigenvalue weighted by Gasteiger charge is -2.22. The van der Waals surface area contributed by atoms with Crippen molar-refractivity contribution in [2.45, 2.75) is 39.3 Å². The number of hydrogen-bond donors (Lipinski definition) is 0. The smallest absolute Gasteiger partial charge is 0.295 e. The Morgan fingerprint density at radius 3 is 2.40 bits per heavy atom. The van der Waals surface area contributed by atoms with Crippen LogP contribution >= 0.6 is 0 Å². The minimum atomic E-state index is -4.04. The molecule has 1 aliphatic rings. The quantitative estimate of drug-likeness (QED) is 0.694. The highest BCUT2D eigenvalue weighted by Gasteiger charge is 2.31. The Hall–Kier alpha value is -0.250. The molecule has 0 N–H and O–H groups in total. The molecule has 1 aliphatic heterocycles. The summed E-state index contributed by atoms with van der Waals surface area (Å²) in [5, 5.41) is 0. The molecular weight excluding hydrogens is 203 g/mol. The maximum absolute atomic E-state index is 12.2. The van der Waals surface area contributed by atoms with Crippen LogP contribution in [0.3, 0.4) is 0 Å². The van der Waals surface area contributed by atoms with E-state index in [0.717, 1.165) is 19.3 Å². The van der Waals surface area contributed by atoms with Crippen LogP contribution in [0.5, 0.6) is 0 Å². The molecule has 4 heteroatoms. The number of alkyl halides is 3. The zero-order chi connectivity index (χ0) is 11.5. The minimum absolute atomic E-state index is 0.593. The van der Waals surface area contributed by atoms with Crippen LogP contribution in [-0.2, 0) is 0 Å². The van der Waals surface area contributed by atoms with E-state index in [4.69, 9.17) is 0 Å². The monoisotopic (exact) mass is 223 g/mol. The summed E-state index contributed by atoms with van der Waals surface area (Å²) in [5.41, 5.74) is 0. The average Bonchev–Trinajstić information content (AvgIpc) is 2.26. The predicted molar refractivity (Wildman–Crippen MR) is 54.7 cm³/mol. The Morgan fingerprint density at radius 2 is 1.87 bits per heavy atom.